The number of hydrogen-bond acceptors (Lipinski definition) is 2. The van der Waals surface area contributed by atoms with Gasteiger partial charge in [0.15, 0.2) is 0 Å². The van der Waals surface area contributed by atoms with Crippen molar-refractivity contribution in [2.45, 2.75) is 39.2 Å². The molecule has 1 aromatic carbocycles. The number of aliphatic carboxylic acids is 1. The number of piperidine rings is 1. The summed E-state index contributed by atoms with van der Waals surface area (Å²) in [5.41, 5.74) is 0.233. The topological polar surface area (TPSA) is 40.5 Å². The summed E-state index contributed by atoms with van der Waals surface area (Å²) < 4.78 is 14.2. The third-order valence-electron chi connectivity index (χ3n) is 4.17. The lowest BCUT2D eigenvalue weighted by molar-refractivity contribution is -0.153. The Kier molecular flexibility index (Phi) is 5.38. The fourth-order valence-electron chi connectivity index (χ4n) is 3.29. The van der Waals surface area contributed by atoms with Gasteiger partial charge < -0.3 is 5.11 Å². The summed E-state index contributed by atoms with van der Waals surface area (Å²) >= 11 is 3.30. The molecule has 0 amide bonds. The molecule has 0 radical (unpaired) electrons. The average Bonchev–Trinajstić information content (AvgIpc) is 2.37. The molecule has 1 aromatic rings. The lowest BCUT2D eigenvalue weighted by Gasteiger charge is -2.40. The van der Waals surface area contributed by atoms with Crippen molar-refractivity contribution >= 4 is 21.9 Å². The van der Waals surface area contributed by atoms with Gasteiger partial charge >= 0.3 is 5.97 Å². The second kappa shape index (κ2) is 6.88. The number of benzene rings is 1. The Morgan fingerprint density at radius 3 is 2.86 bits per heavy atom. The molecule has 1 saturated heterocycles. The Labute approximate surface area is 133 Å². The van der Waals surface area contributed by atoms with Gasteiger partial charge in [0, 0.05) is 17.6 Å². The molecule has 1 aliphatic heterocycles. The second-order valence-electron chi connectivity index (χ2n) is 5.93. The lowest BCUT2D eigenvalue weighted by atomic mass is 9.76. The van der Waals surface area contributed by atoms with E-state index in [4.69, 9.17) is 0 Å². The molecule has 1 fully saturated rings. The zero-order valence-electron chi connectivity index (χ0n) is 12.2. The van der Waals surface area contributed by atoms with Gasteiger partial charge in [-0.15, -0.1) is 0 Å². The summed E-state index contributed by atoms with van der Waals surface area (Å²) in [6.07, 6.45) is 3.18. The smallest absolute Gasteiger partial charge is 0.310 e. The SMILES string of the molecule is CCCC1(C(=O)O)CCCN(Cc2cc(F)cc(Br)c2)C1. The van der Waals surface area contributed by atoms with Crippen molar-refractivity contribution in [3.05, 3.63) is 34.1 Å². The first-order chi connectivity index (χ1) is 9.95. The number of carbonyl (C=O) groups is 1. The van der Waals surface area contributed by atoms with Crippen molar-refractivity contribution in [3.63, 3.8) is 0 Å². The second-order valence-corrected chi connectivity index (χ2v) is 6.84. The van der Waals surface area contributed by atoms with Gasteiger partial charge in [-0.2, -0.15) is 0 Å². The largest absolute Gasteiger partial charge is 0.481 e. The predicted molar refractivity (Wildman–Crippen MR) is 83.6 cm³/mol. The normalized spacial score (nSPS) is 23.2. The van der Waals surface area contributed by atoms with Gasteiger partial charge in [0.1, 0.15) is 5.82 Å². The van der Waals surface area contributed by atoms with E-state index in [1.807, 2.05) is 13.0 Å². The van der Waals surface area contributed by atoms with Crippen LogP contribution in [0.2, 0.25) is 0 Å². The third-order valence-corrected chi connectivity index (χ3v) is 4.62. The highest BCUT2D eigenvalue weighted by molar-refractivity contribution is 9.10. The van der Waals surface area contributed by atoms with E-state index in [1.165, 1.54) is 12.1 Å². The number of rotatable bonds is 5. The zero-order chi connectivity index (χ0) is 15.5. The molecule has 0 bridgehead atoms. The monoisotopic (exact) mass is 357 g/mol. The van der Waals surface area contributed by atoms with E-state index < -0.39 is 11.4 Å². The molecule has 0 aliphatic carbocycles. The minimum Gasteiger partial charge on any atom is -0.481 e. The maximum atomic E-state index is 13.4. The van der Waals surface area contributed by atoms with Gasteiger partial charge in [0.25, 0.3) is 0 Å². The van der Waals surface area contributed by atoms with Gasteiger partial charge in [-0.1, -0.05) is 29.3 Å². The van der Waals surface area contributed by atoms with Crippen LogP contribution in [0.25, 0.3) is 0 Å². The molecule has 5 heteroatoms. The summed E-state index contributed by atoms with van der Waals surface area (Å²) in [4.78, 5) is 13.8. The van der Waals surface area contributed by atoms with Crippen molar-refractivity contribution in [2.24, 2.45) is 5.41 Å². The van der Waals surface area contributed by atoms with E-state index >= 15 is 0 Å². The molecule has 1 aliphatic rings. The Hall–Kier alpha value is -0.940. The van der Waals surface area contributed by atoms with E-state index in [1.54, 1.807) is 0 Å². The number of halogens is 2. The van der Waals surface area contributed by atoms with Crippen molar-refractivity contribution in [1.29, 1.82) is 0 Å². The molecule has 1 heterocycles. The summed E-state index contributed by atoms with van der Waals surface area (Å²) in [5.74, 6) is -0.969. The number of carboxylic acid groups (broad SMARTS) is 1. The summed E-state index contributed by atoms with van der Waals surface area (Å²) in [7, 11) is 0. The van der Waals surface area contributed by atoms with Gasteiger partial charge in [-0.3, -0.25) is 9.69 Å². The van der Waals surface area contributed by atoms with Crippen LogP contribution in [0.15, 0.2) is 22.7 Å². The molecule has 1 atom stereocenters. The molecule has 0 saturated carbocycles. The van der Waals surface area contributed by atoms with Crippen molar-refractivity contribution in [3.8, 4) is 0 Å². The molecular formula is C16H21BrFNO2. The molecule has 3 nitrogen and oxygen atoms in total. The van der Waals surface area contributed by atoms with Crippen LogP contribution in [0.3, 0.4) is 0 Å². The number of nitrogens with zero attached hydrogens (tertiary/aromatic N) is 1. The Morgan fingerprint density at radius 2 is 2.24 bits per heavy atom. The van der Waals surface area contributed by atoms with Crippen LogP contribution in [0, 0.1) is 11.2 Å². The standard InChI is InChI=1S/C16H21BrFNO2/c1-2-4-16(15(20)21)5-3-6-19(11-16)10-12-7-13(17)9-14(18)8-12/h7-9H,2-6,10-11H2,1H3,(H,20,21). The Bertz CT molecular complexity index is 499. The predicted octanol–water partition coefficient (Wildman–Crippen LogP) is 4.06. The molecule has 116 valence electrons. The van der Waals surface area contributed by atoms with Crippen LogP contribution in [-0.4, -0.2) is 29.1 Å². The molecule has 2 rings (SSSR count). The highest BCUT2D eigenvalue weighted by atomic mass is 79.9. The third kappa shape index (κ3) is 4.04. The van der Waals surface area contributed by atoms with E-state index in [0.717, 1.165) is 31.4 Å². The summed E-state index contributed by atoms with van der Waals surface area (Å²) in [6, 6.07) is 4.83. The van der Waals surface area contributed by atoms with E-state index in [9.17, 15) is 14.3 Å². The molecule has 1 N–H and O–H groups in total. The van der Waals surface area contributed by atoms with E-state index in [-0.39, 0.29) is 5.82 Å². The van der Waals surface area contributed by atoms with Crippen LogP contribution < -0.4 is 0 Å². The minimum absolute atomic E-state index is 0.269. The fourth-order valence-corrected chi connectivity index (χ4v) is 3.80. The molecule has 0 spiro atoms. The first kappa shape index (κ1) is 16.4. The zero-order valence-corrected chi connectivity index (χ0v) is 13.8. The van der Waals surface area contributed by atoms with Crippen molar-refractivity contribution in [2.75, 3.05) is 13.1 Å². The van der Waals surface area contributed by atoms with Gasteiger partial charge in [0.2, 0.25) is 0 Å². The number of hydrogen-bond donors (Lipinski definition) is 1. The summed E-state index contributed by atoms with van der Waals surface area (Å²) in [5, 5.41) is 9.60. The van der Waals surface area contributed by atoms with Crippen LogP contribution in [0.1, 0.15) is 38.2 Å². The van der Waals surface area contributed by atoms with Crippen LogP contribution in [-0.2, 0) is 11.3 Å². The molecular weight excluding hydrogens is 337 g/mol. The molecule has 21 heavy (non-hydrogen) atoms. The van der Waals surface area contributed by atoms with Crippen LogP contribution in [0.5, 0.6) is 0 Å². The molecule has 1 unspecified atom stereocenters. The molecule has 0 aromatic heterocycles. The fraction of sp³-hybridized carbons (Fsp3) is 0.562. The highest BCUT2D eigenvalue weighted by Gasteiger charge is 2.41. The van der Waals surface area contributed by atoms with E-state index in [0.29, 0.717) is 24.0 Å². The number of carboxylic acids is 1. The van der Waals surface area contributed by atoms with Gasteiger partial charge in [-0.25, -0.2) is 4.39 Å². The van der Waals surface area contributed by atoms with E-state index in [2.05, 4.69) is 20.8 Å². The van der Waals surface area contributed by atoms with Gasteiger partial charge in [0.05, 0.1) is 5.41 Å². The van der Waals surface area contributed by atoms with Gasteiger partial charge in [-0.05, 0) is 49.6 Å². The maximum Gasteiger partial charge on any atom is 0.310 e. The lowest BCUT2D eigenvalue weighted by Crippen LogP contribution is -2.47. The highest BCUT2D eigenvalue weighted by Crippen LogP contribution is 2.35. The Morgan fingerprint density at radius 1 is 1.48 bits per heavy atom. The van der Waals surface area contributed by atoms with Crippen LogP contribution >= 0.6 is 15.9 Å². The average molecular weight is 358 g/mol. The first-order valence-electron chi connectivity index (χ1n) is 7.36. The quantitative estimate of drug-likeness (QED) is 0.863. The van der Waals surface area contributed by atoms with Crippen molar-refractivity contribution < 1.29 is 14.3 Å². The first-order valence-corrected chi connectivity index (χ1v) is 8.15. The van der Waals surface area contributed by atoms with Crippen molar-refractivity contribution in [1.82, 2.24) is 4.90 Å². The maximum absolute atomic E-state index is 13.4. The number of likely N-dealkylation sites (tertiary alicyclic amines) is 1. The Balaban J connectivity index is 2.11. The van der Waals surface area contributed by atoms with Crippen LogP contribution in [0.4, 0.5) is 4.39 Å². The minimum atomic E-state index is -0.700. The summed E-state index contributed by atoms with van der Waals surface area (Å²) in [6.45, 7) is 4.03.